The molecule has 2 aromatic carbocycles. The van der Waals surface area contributed by atoms with Crippen LogP contribution < -0.4 is 0 Å². The quantitative estimate of drug-likeness (QED) is 0.762. The Morgan fingerprint density at radius 3 is 2.45 bits per heavy atom. The predicted molar refractivity (Wildman–Crippen MR) is 87.7 cm³/mol. The van der Waals surface area contributed by atoms with Crippen LogP contribution in [0.3, 0.4) is 0 Å². The molecule has 2 aromatic rings. The van der Waals surface area contributed by atoms with Crippen molar-refractivity contribution in [1.82, 2.24) is 0 Å². The number of hydrogen-bond donors (Lipinski definition) is 1. The van der Waals surface area contributed by atoms with Crippen LogP contribution in [0.2, 0.25) is 5.02 Å². The molecule has 0 bridgehead atoms. The van der Waals surface area contributed by atoms with Crippen LogP contribution >= 0.6 is 34.2 Å². The molecule has 104 valence electrons. The molecule has 0 amide bonds. The van der Waals surface area contributed by atoms with Crippen molar-refractivity contribution in [1.29, 1.82) is 0 Å². The van der Waals surface area contributed by atoms with Gasteiger partial charge in [0.1, 0.15) is 0 Å². The first-order chi connectivity index (χ1) is 9.47. The van der Waals surface area contributed by atoms with Gasteiger partial charge in [-0.05, 0) is 58.5 Å². The van der Waals surface area contributed by atoms with Gasteiger partial charge in [-0.1, -0.05) is 23.7 Å². The molecule has 1 N–H and O–H groups in total. The number of halogens is 2. The van der Waals surface area contributed by atoms with Crippen LogP contribution in [0.15, 0.2) is 47.4 Å². The number of carbonyl (C=O) groups is 1. The average Bonchev–Trinajstić information content (AvgIpc) is 2.41. The predicted octanol–water partition coefficient (Wildman–Crippen LogP) is 3.95. The van der Waals surface area contributed by atoms with E-state index < -0.39 is 16.8 Å². The van der Waals surface area contributed by atoms with Gasteiger partial charge in [-0.2, -0.15) is 0 Å². The summed E-state index contributed by atoms with van der Waals surface area (Å²) in [5.74, 6) is -0.777. The van der Waals surface area contributed by atoms with E-state index in [4.69, 9.17) is 16.7 Å². The molecule has 1 atom stereocenters. The van der Waals surface area contributed by atoms with Crippen molar-refractivity contribution in [3.05, 3.63) is 62.2 Å². The first kappa shape index (κ1) is 15.5. The Labute approximate surface area is 137 Å². The summed E-state index contributed by atoms with van der Waals surface area (Å²) in [4.78, 5) is 11.5. The highest BCUT2D eigenvalue weighted by molar-refractivity contribution is 14.1. The highest BCUT2D eigenvalue weighted by Gasteiger charge is 2.13. The molecule has 0 fully saturated rings. The summed E-state index contributed by atoms with van der Waals surface area (Å²) in [6, 6.07) is 12.1. The minimum absolute atomic E-state index is 0.0277. The number of benzene rings is 2. The molecule has 0 aromatic heterocycles. The Bertz CT molecular complexity index is 671. The monoisotopic (exact) mass is 420 g/mol. The van der Waals surface area contributed by atoms with E-state index in [9.17, 15) is 9.00 Å². The third kappa shape index (κ3) is 3.80. The molecule has 0 saturated heterocycles. The summed E-state index contributed by atoms with van der Waals surface area (Å²) in [6.07, 6.45) is 0. The Morgan fingerprint density at radius 1 is 1.20 bits per heavy atom. The smallest absolute Gasteiger partial charge is 0.337 e. The van der Waals surface area contributed by atoms with Gasteiger partial charge in [0.05, 0.1) is 27.1 Å². The zero-order chi connectivity index (χ0) is 14.7. The standard InChI is InChI=1S/C14H10ClIO3S/c15-13-6-5-11(7-12(13)14(17)18)20(19)8-9-1-3-10(16)4-2-9/h1-7H,8H2,(H,17,18). The van der Waals surface area contributed by atoms with Crippen molar-refractivity contribution in [3.63, 3.8) is 0 Å². The van der Waals surface area contributed by atoms with E-state index in [1.54, 1.807) is 6.07 Å². The second-order valence-electron chi connectivity index (χ2n) is 4.06. The first-order valence-electron chi connectivity index (χ1n) is 5.63. The summed E-state index contributed by atoms with van der Waals surface area (Å²) >= 11 is 7.99. The molecule has 2 rings (SSSR count). The molecule has 3 nitrogen and oxygen atoms in total. The fraction of sp³-hybridized carbons (Fsp3) is 0.0714. The topological polar surface area (TPSA) is 54.4 Å². The average molecular weight is 421 g/mol. The van der Waals surface area contributed by atoms with E-state index in [2.05, 4.69) is 22.6 Å². The van der Waals surface area contributed by atoms with Crippen molar-refractivity contribution in [3.8, 4) is 0 Å². The van der Waals surface area contributed by atoms with Crippen molar-refractivity contribution < 1.29 is 14.1 Å². The molecule has 0 aliphatic heterocycles. The molecule has 6 heteroatoms. The highest BCUT2D eigenvalue weighted by Crippen LogP contribution is 2.21. The van der Waals surface area contributed by atoms with E-state index in [0.717, 1.165) is 9.13 Å². The largest absolute Gasteiger partial charge is 0.478 e. The molecule has 0 heterocycles. The molecular weight excluding hydrogens is 411 g/mol. The zero-order valence-electron chi connectivity index (χ0n) is 10.2. The zero-order valence-corrected chi connectivity index (χ0v) is 13.9. The Morgan fingerprint density at radius 2 is 1.85 bits per heavy atom. The second-order valence-corrected chi connectivity index (χ2v) is 7.17. The Kier molecular flexibility index (Phi) is 5.17. The van der Waals surface area contributed by atoms with Crippen molar-refractivity contribution in [2.45, 2.75) is 10.6 Å². The van der Waals surface area contributed by atoms with E-state index in [1.165, 1.54) is 12.1 Å². The van der Waals surface area contributed by atoms with Gasteiger partial charge in [-0.15, -0.1) is 0 Å². The van der Waals surface area contributed by atoms with Crippen molar-refractivity contribution >= 4 is 51.0 Å². The van der Waals surface area contributed by atoms with Crippen LogP contribution in [-0.4, -0.2) is 15.3 Å². The third-order valence-corrected chi connectivity index (χ3v) is 5.07. The lowest BCUT2D eigenvalue weighted by Gasteiger charge is -2.05. The van der Waals surface area contributed by atoms with Gasteiger partial charge in [0.2, 0.25) is 0 Å². The molecule has 0 aliphatic rings. The highest BCUT2D eigenvalue weighted by atomic mass is 127. The van der Waals surface area contributed by atoms with Crippen LogP contribution in [0.1, 0.15) is 15.9 Å². The number of rotatable bonds is 4. The van der Waals surface area contributed by atoms with E-state index >= 15 is 0 Å². The SMILES string of the molecule is O=C(O)c1cc(S(=O)Cc2ccc(I)cc2)ccc1Cl. The lowest BCUT2D eigenvalue weighted by Crippen LogP contribution is -2.02. The van der Waals surface area contributed by atoms with Gasteiger partial charge in [-0.25, -0.2) is 4.79 Å². The minimum Gasteiger partial charge on any atom is -0.478 e. The van der Waals surface area contributed by atoms with E-state index in [-0.39, 0.29) is 10.6 Å². The second kappa shape index (κ2) is 6.69. The van der Waals surface area contributed by atoms with Gasteiger partial charge in [-0.3, -0.25) is 4.21 Å². The summed E-state index contributed by atoms with van der Waals surface area (Å²) in [7, 11) is -1.30. The molecule has 0 saturated carbocycles. The van der Waals surface area contributed by atoms with Gasteiger partial charge >= 0.3 is 5.97 Å². The number of carboxylic acid groups (broad SMARTS) is 1. The fourth-order valence-corrected chi connectivity index (χ4v) is 3.31. The molecule has 20 heavy (non-hydrogen) atoms. The maximum atomic E-state index is 12.3. The van der Waals surface area contributed by atoms with Crippen LogP contribution in [0.4, 0.5) is 0 Å². The summed E-state index contributed by atoms with van der Waals surface area (Å²) in [5, 5.41) is 9.15. The van der Waals surface area contributed by atoms with Crippen LogP contribution in [0, 0.1) is 3.57 Å². The Balaban J connectivity index is 2.23. The van der Waals surface area contributed by atoms with Crippen LogP contribution in [0.25, 0.3) is 0 Å². The number of aromatic carboxylic acids is 1. The maximum Gasteiger partial charge on any atom is 0.337 e. The molecule has 1 unspecified atom stereocenters. The van der Waals surface area contributed by atoms with E-state index in [1.807, 2.05) is 24.3 Å². The fourth-order valence-electron chi connectivity index (χ4n) is 1.63. The van der Waals surface area contributed by atoms with Crippen LogP contribution in [-0.2, 0) is 16.6 Å². The van der Waals surface area contributed by atoms with Crippen molar-refractivity contribution in [2.75, 3.05) is 0 Å². The van der Waals surface area contributed by atoms with Gasteiger partial charge in [0.25, 0.3) is 0 Å². The van der Waals surface area contributed by atoms with Crippen molar-refractivity contribution in [2.24, 2.45) is 0 Å². The van der Waals surface area contributed by atoms with Gasteiger partial charge in [0, 0.05) is 8.47 Å². The lowest BCUT2D eigenvalue weighted by molar-refractivity contribution is 0.0697. The maximum absolute atomic E-state index is 12.3. The van der Waals surface area contributed by atoms with Gasteiger partial charge in [0.15, 0.2) is 0 Å². The molecule has 0 spiro atoms. The minimum atomic E-state index is -1.30. The number of hydrogen-bond acceptors (Lipinski definition) is 2. The van der Waals surface area contributed by atoms with Gasteiger partial charge < -0.3 is 5.11 Å². The summed E-state index contributed by atoms with van der Waals surface area (Å²) in [6.45, 7) is 0. The summed E-state index contributed by atoms with van der Waals surface area (Å²) < 4.78 is 13.4. The van der Waals surface area contributed by atoms with Crippen LogP contribution in [0.5, 0.6) is 0 Å². The summed E-state index contributed by atoms with van der Waals surface area (Å²) in [5.41, 5.74) is 0.913. The third-order valence-electron chi connectivity index (χ3n) is 2.64. The number of carboxylic acids is 1. The molecule has 0 aliphatic carbocycles. The molecular formula is C14H10ClIO3S. The first-order valence-corrected chi connectivity index (χ1v) is 8.40. The Hall–Kier alpha value is -0.920. The molecule has 0 radical (unpaired) electrons. The van der Waals surface area contributed by atoms with E-state index in [0.29, 0.717) is 10.6 Å². The lowest BCUT2D eigenvalue weighted by atomic mass is 10.2. The normalized spacial score (nSPS) is 12.1.